The Balaban J connectivity index is 2.27. The van der Waals surface area contributed by atoms with Gasteiger partial charge in [-0.15, -0.1) is 0 Å². The summed E-state index contributed by atoms with van der Waals surface area (Å²) < 4.78 is 2.36. The van der Waals surface area contributed by atoms with Crippen LogP contribution in [0.15, 0.2) is 22.9 Å². The highest BCUT2D eigenvalue weighted by atomic mass is 79.9. The second kappa shape index (κ2) is 5.71. The monoisotopic (exact) mass is 342 g/mol. The molecule has 2 rings (SSSR count). The number of aryl methyl sites for hydroxylation is 2. The van der Waals surface area contributed by atoms with Gasteiger partial charge in [-0.25, -0.2) is 4.98 Å². The zero-order valence-corrected chi connectivity index (χ0v) is 12.8. The highest BCUT2D eigenvalue weighted by Crippen LogP contribution is 2.21. The topological polar surface area (TPSA) is 59.8 Å². The number of carbonyl (C=O) groups is 1. The zero-order chi connectivity index (χ0) is 14.0. The molecular weight excluding hydrogens is 332 g/mol. The molecule has 0 aliphatic rings. The van der Waals surface area contributed by atoms with Crippen molar-refractivity contribution >= 4 is 39.1 Å². The summed E-state index contributed by atoms with van der Waals surface area (Å²) in [6.07, 6.45) is 4.04. The predicted molar refractivity (Wildman–Crippen MR) is 77.5 cm³/mol. The summed E-state index contributed by atoms with van der Waals surface area (Å²) in [5, 5.41) is 7.23. The molecule has 0 bridgehead atoms. The number of aromatic nitrogens is 3. The van der Waals surface area contributed by atoms with Gasteiger partial charge in [0.2, 0.25) is 0 Å². The van der Waals surface area contributed by atoms with Gasteiger partial charge in [0.05, 0.1) is 16.9 Å². The van der Waals surface area contributed by atoms with Gasteiger partial charge in [-0.3, -0.25) is 9.48 Å². The van der Waals surface area contributed by atoms with E-state index in [9.17, 15) is 4.79 Å². The van der Waals surface area contributed by atoms with Gasteiger partial charge in [-0.1, -0.05) is 18.5 Å². The lowest BCUT2D eigenvalue weighted by molar-refractivity contribution is 0.102. The molecule has 0 saturated carbocycles. The third-order valence-electron chi connectivity index (χ3n) is 2.54. The zero-order valence-electron chi connectivity index (χ0n) is 10.4. The Morgan fingerprint density at radius 1 is 1.58 bits per heavy atom. The van der Waals surface area contributed by atoms with Gasteiger partial charge in [0.1, 0.15) is 5.15 Å². The molecule has 1 amide bonds. The summed E-state index contributed by atoms with van der Waals surface area (Å²) in [5.41, 5.74) is 1.84. The van der Waals surface area contributed by atoms with Crippen molar-refractivity contribution in [1.29, 1.82) is 0 Å². The predicted octanol–water partition coefficient (Wildman–Crippen LogP) is 3.05. The lowest BCUT2D eigenvalue weighted by Crippen LogP contribution is -2.13. The maximum absolute atomic E-state index is 12.2. The number of nitrogens with one attached hydrogen (secondary N) is 1. The van der Waals surface area contributed by atoms with Gasteiger partial charge < -0.3 is 5.32 Å². The first kappa shape index (κ1) is 14.0. The van der Waals surface area contributed by atoms with Crippen molar-refractivity contribution in [3.63, 3.8) is 0 Å². The Kier molecular flexibility index (Phi) is 4.21. The highest BCUT2D eigenvalue weighted by Gasteiger charge is 2.15. The van der Waals surface area contributed by atoms with E-state index in [2.05, 4.69) is 31.3 Å². The van der Waals surface area contributed by atoms with E-state index in [0.29, 0.717) is 15.7 Å². The SMILES string of the molecule is CCc1nn(C)cc1NC(=O)c1cc(Br)cnc1Cl. The van der Waals surface area contributed by atoms with Crippen LogP contribution < -0.4 is 5.32 Å². The Hall–Kier alpha value is -1.40. The minimum Gasteiger partial charge on any atom is -0.319 e. The van der Waals surface area contributed by atoms with Crippen LogP contribution in [0.1, 0.15) is 23.0 Å². The van der Waals surface area contributed by atoms with Crippen molar-refractivity contribution in [2.75, 3.05) is 5.32 Å². The first-order valence-corrected chi connectivity index (χ1v) is 6.83. The van der Waals surface area contributed by atoms with Crippen LogP contribution in [0.2, 0.25) is 5.15 Å². The molecular formula is C12H12BrClN4O. The summed E-state index contributed by atoms with van der Waals surface area (Å²) in [6.45, 7) is 1.98. The van der Waals surface area contributed by atoms with Crippen LogP contribution in [-0.2, 0) is 13.5 Å². The normalized spacial score (nSPS) is 10.5. The van der Waals surface area contributed by atoms with Crippen molar-refractivity contribution in [3.8, 4) is 0 Å². The largest absolute Gasteiger partial charge is 0.319 e. The smallest absolute Gasteiger partial charge is 0.258 e. The molecule has 19 heavy (non-hydrogen) atoms. The summed E-state index contributed by atoms with van der Waals surface area (Å²) in [7, 11) is 1.81. The van der Waals surface area contributed by atoms with Crippen LogP contribution in [0.3, 0.4) is 0 Å². The number of nitrogens with zero attached hydrogens (tertiary/aromatic N) is 3. The fourth-order valence-electron chi connectivity index (χ4n) is 1.67. The van der Waals surface area contributed by atoms with Crippen LogP contribution >= 0.6 is 27.5 Å². The minimum atomic E-state index is -0.304. The molecule has 0 saturated heterocycles. The number of carbonyl (C=O) groups excluding carboxylic acids is 1. The molecule has 0 fully saturated rings. The molecule has 0 unspecified atom stereocenters. The molecule has 100 valence electrons. The molecule has 7 heteroatoms. The summed E-state index contributed by atoms with van der Waals surface area (Å²) >= 11 is 9.19. The van der Waals surface area contributed by atoms with Crippen LogP contribution in [0, 0.1) is 0 Å². The van der Waals surface area contributed by atoms with E-state index >= 15 is 0 Å². The van der Waals surface area contributed by atoms with E-state index in [1.807, 2.05) is 14.0 Å². The Bertz CT molecular complexity index is 626. The van der Waals surface area contributed by atoms with Crippen LogP contribution in [0.25, 0.3) is 0 Å². The fraction of sp³-hybridized carbons (Fsp3) is 0.250. The molecule has 2 aromatic rings. The van der Waals surface area contributed by atoms with Gasteiger partial charge >= 0.3 is 0 Å². The molecule has 2 heterocycles. The molecule has 0 radical (unpaired) electrons. The van der Waals surface area contributed by atoms with E-state index in [1.54, 1.807) is 23.1 Å². The number of halogens is 2. The van der Waals surface area contributed by atoms with E-state index < -0.39 is 0 Å². The first-order chi connectivity index (χ1) is 9.01. The molecule has 0 aromatic carbocycles. The van der Waals surface area contributed by atoms with E-state index in [0.717, 1.165) is 12.1 Å². The van der Waals surface area contributed by atoms with E-state index in [-0.39, 0.29) is 11.1 Å². The summed E-state index contributed by atoms with van der Waals surface area (Å²) in [6, 6.07) is 1.63. The standard InChI is InChI=1S/C12H12BrClN4O/c1-3-9-10(6-18(2)17-9)16-12(19)8-4-7(13)5-15-11(8)14/h4-6H,3H2,1-2H3,(H,16,19). The summed E-state index contributed by atoms with van der Waals surface area (Å²) in [5.74, 6) is -0.304. The summed E-state index contributed by atoms with van der Waals surface area (Å²) in [4.78, 5) is 16.1. The molecule has 2 aromatic heterocycles. The van der Waals surface area contributed by atoms with Crippen LogP contribution in [0.5, 0.6) is 0 Å². The van der Waals surface area contributed by atoms with E-state index in [4.69, 9.17) is 11.6 Å². The number of rotatable bonds is 3. The number of hydrogen-bond acceptors (Lipinski definition) is 3. The maximum atomic E-state index is 12.2. The lowest BCUT2D eigenvalue weighted by atomic mass is 10.2. The van der Waals surface area contributed by atoms with Crippen molar-refractivity contribution in [2.24, 2.45) is 7.05 Å². The quantitative estimate of drug-likeness (QED) is 0.871. The van der Waals surface area contributed by atoms with Crippen LogP contribution in [0.4, 0.5) is 5.69 Å². The molecule has 0 atom stereocenters. The molecule has 5 nitrogen and oxygen atoms in total. The lowest BCUT2D eigenvalue weighted by Gasteiger charge is -2.06. The molecule has 0 aliphatic heterocycles. The third-order valence-corrected chi connectivity index (χ3v) is 3.27. The van der Waals surface area contributed by atoms with Gasteiger partial charge in [-0.05, 0) is 28.4 Å². The molecule has 1 N–H and O–H groups in total. The molecule has 0 aliphatic carbocycles. The third kappa shape index (κ3) is 3.13. The van der Waals surface area contributed by atoms with Crippen molar-refractivity contribution in [2.45, 2.75) is 13.3 Å². The first-order valence-electron chi connectivity index (χ1n) is 5.66. The second-order valence-corrected chi connectivity index (χ2v) is 5.24. The highest BCUT2D eigenvalue weighted by molar-refractivity contribution is 9.10. The van der Waals surface area contributed by atoms with Crippen molar-refractivity contribution < 1.29 is 4.79 Å². The number of amides is 1. The Morgan fingerprint density at radius 2 is 2.32 bits per heavy atom. The number of anilines is 1. The Labute approximate surface area is 124 Å². The van der Waals surface area contributed by atoms with Crippen molar-refractivity contribution in [3.05, 3.63) is 39.3 Å². The minimum absolute atomic E-state index is 0.169. The van der Waals surface area contributed by atoms with Gasteiger partial charge in [0.15, 0.2) is 0 Å². The average Bonchev–Trinajstić information content (AvgIpc) is 2.72. The Morgan fingerprint density at radius 3 is 3.00 bits per heavy atom. The number of hydrogen-bond donors (Lipinski definition) is 1. The van der Waals surface area contributed by atoms with Crippen molar-refractivity contribution in [1.82, 2.24) is 14.8 Å². The maximum Gasteiger partial charge on any atom is 0.258 e. The molecule has 0 spiro atoms. The second-order valence-electron chi connectivity index (χ2n) is 3.96. The fourth-order valence-corrected chi connectivity index (χ4v) is 2.19. The average molecular weight is 344 g/mol. The van der Waals surface area contributed by atoms with E-state index in [1.165, 1.54) is 0 Å². The van der Waals surface area contributed by atoms with Gasteiger partial charge in [0.25, 0.3) is 5.91 Å². The van der Waals surface area contributed by atoms with Gasteiger partial charge in [0, 0.05) is 23.9 Å². The number of pyridine rings is 1. The van der Waals surface area contributed by atoms with Gasteiger partial charge in [-0.2, -0.15) is 5.10 Å². The van der Waals surface area contributed by atoms with Crippen LogP contribution in [-0.4, -0.2) is 20.7 Å².